The molecular formula is C23H33N5OS. The van der Waals surface area contributed by atoms with Crippen LogP contribution in [0, 0.1) is 6.92 Å². The zero-order valence-electron chi connectivity index (χ0n) is 18.2. The molecule has 0 bridgehead atoms. The summed E-state index contributed by atoms with van der Waals surface area (Å²) in [6, 6.07) is 8.49. The van der Waals surface area contributed by atoms with Gasteiger partial charge in [-0.2, -0.15) is 0 Å². The largest absolute Gasteiger partial charge is 0.342 e. The van der Waals surface area contributed by atoms with Crippen LogP contribution in [0.4, 0.5) is 5.95 Å². The maximum Gasteiger partial charge on any atom is 0.235 e. The van der Waals surface area contributed by atoms with Gasteiger partial charge in [0.1, 0.15) is 0 Å². The molecule has 0 radical (unpaired) electrons. The van der Waals surface area contributed by atoms with E-state index in [4.69, 9.17) is 0 Å². The SMILES string of the molecule is Cc1ccc(-n2c(SC(C)C(=O)N3CCCCCC3)nnc2N2CCCCC2)cc1. The second-order valence-corrected chi connectivity index (χ2v) is 9.81. The van der Waals surface area contributed by atoms with E-state index < -0.39 is 0 Å². The second-order valence-electron chi connectivity index (χ2n) is 8.50. The molecule has 2 aliphatic rings. The molecule has 3 heterocycles. The van der Waals surface area contributed by atoms with Crippen LogP contribution in [0.3, 0.4) is 0 Å². The number of likely N-dealkylation sites (tertiary alicyclic amines) is 1. The molecule has 0 N–H and O–H groups in total. The average Bonchev–Trinajstić information content (AvgIpc) is 2.99. The first-order chi connectivity index (χ1) is 14.6. The van der Waals surface area contributed by atoms with E-state index in [9.17, 15) is 4.79 Å². The number of hydrogen-bond acceptors (Lipinski definition) is 5. The molecule has 2 aliphatic heterocycles. The summed E-state index contributed by atoms with van der Waals surface area (Å²) in [5.74, 6) is 1.12. The van der Waals surface area contributed by atoms with Crippen LogP contribution in [0.2, 0.25) is 0 Å². The van der Waals surface area contributed by atoms with Crippen LogP contribution in [0.25, 0.3) is 5.69 Å². The monoisotopic (exact) mass is 427 g/mol. The van der Waals surface area contributed by atoms with Crippen LogP contribution in [-0.4, -0.2) is 57.0 Å². The molecule has 2 saturated heterocycles. The van der Waals surface area contributed by atoms with E-state index in [1.54, 1.807) is 0 Å². The number of benzene rings is 1. The zero-order chi connectivity index (χ0) is 20.9. The van der Waals surface area contributed by atoms with Crippen molar-refractivity contribution in [1.82, 2.24) is 19.7 Å². The van der Waals surface area contributed by atoms with Gasteiger partial charge in [-0.1, -0.05) is 42.3 Å². The lowest BCUT2D eigenvalue weighted by Gasteiger charge is -2.28. The zero-order valence-corrected chi connectivity index (χ0v) is 19.0. The fraction of sp³-hybridized carbons (Fsp3) is 0.609. The predicted molar refractivity (Wildman–Crippen MR) is 123 cm³/mol. The van der Waals surface area contributed by atoms with Crippen LogP contribution in [0.5, 0.6) is 0 Å². The average molecular weight is 428 g/mol. The Hall–Kier alpha value is -2.02. The molecule has 162 valence electrons. The minimum atomic E-state index is -0.175. The van der Waals surface area contributed by atoms with Gasteiger partial charge in [-0.05, 0) is 58.1 Å². The van der Waals surface area contributed by atoms with Gasteiger partial charge >= 0.3 is 0 Å². The van der Waals surface area contributed by atoms with Crippen molar-refractivity contribution in [3.05, 3.63) is 29.8 Å². The third-order valence-electron chi connectivity index (χ3n) is 6.10. The Labute approximate surface area is 184 Å². The maximum absolute atomic E-state index is 13.1. The lowest BCUT2D eigenvalue weighted by atomic mass is 10.1. The van der Waals surface area contributed by atoms with Crippen LogP contribution < -0.4 is 4.90 Å². The topological polar surface area (TPSA) is 54.3 Å². The fourth-order valence-electron chi connectivity index (χ4n) is 4.31. The number of rotatable bonds is 5. The van der Waals surface area contributed by atoms with Crippen LogP contribution in [-0.2, 0) is 4.79 Å². The van der Waals surface area contributed by atoms with Crippen LogP contribution >= 0.6 is 11.8 Å². The van der Waals surface area contributed by atoms with E-state index in [2.05, 4.69) is 50.9 Å². The number of hydrogen-bond donors (Lipinski definition) is 0. The molecule has 2 aromatic rings. The molecule has 1 aromatic carbocycles. The normalized spacial score (nSPS) is 18.9. The fourth-order valence-corrected chi connectivity index (χ4v) is 5.26. The Balaban J connectivity index is 1.59. The number of thioether (sulfide) groups is 1. The molecular weight excluding hydrogens is 394 g/mol. The third kappa shape index (κ3) is 4.82. The molecule has 2 fully saturated rings. The van der Waals surface area contributed by atoms with E-state index in [1.807, 2.05) is 11.8 Å². The molecule has 1 unspecified atom stereocenters. The maximum atomic E-state index is 13.1. The van der Waals surface area contributed by atoms with Gasteiger partial charge in [0.25, 0.3) is 0 Å². The number of piperidine rings is 1. The molecule has 0 spiro atoms. The molecule has 1 aromatic heterocycles. The van der Waals surface area contributed by atoms with Gasteiger partial charge < -0.3 is 9.80 Å². The number of anilines is 1. The second kappa shape index (κ2) is 9.86. The van der Waals surface area contributed by atoms with Crippen molar-refractivity contribution >= 4 is 23.6 Å². The molecule has 1 amide bonds. The molecule has 0 saturated carbocycles. The van der Waals surface area contributed by atoms with Crippen molar-refractivity contribution in [2.75, 3.05) is 31.1 Å². The van der Waals surface area contributed by atoms with Crippen molar-refractivity contribution in [2.24, 2.45) is 0 Å². The molecule has 4 rings (SSSR count). The van der Waals surface area contributed by atoms with Crippen molar-refractivity contribution in [1.29, 1.82) is 0 Å². The van der Waals surface area contributed by atoms with E-state index in [0.29, 0.717) is 0 Å². The number of carbonyl (C=O) groups is 1. The Morgan fingerprint density at radius 3 is 2.17 bits per heavy atom. The number of aryl methyl sites for hydroxylation is 1. The van der Waals surface area contributed by atoms with E-state index in [1.165, 1.54) is 49.4 Å². The predicted octanol–water partition coefficient (Wildman–Crippen LogP) is 4.45. The highest BCUT2D eigenvalue weighted by Crippen LogP contribution is 2.31. The molecule has 0 aliphatic carbocycles. The summed E-state index contributed by atoms with van der Waals surface area (Å²) < 4.78 is 2.14. The first-order valence-electron chi connectivity index (χ1n) is 11.4. The van der Waals surface area contributed by atoms with E-state index in [-0.39, 0.29) is 11.2 Å². The van der Waals surface area contributed by atoms with Crippen molar-refractivity contribution in [2.45, 2.75) is 69.2 Å². The minimum Gasteiger partial charge on any atom is -0.342 e. The van der Waals surface area contributed by atoms with E-state index >= 15 is 0 Å². The summed E-state index contributed by atoms with van der Waals surface area (Å²) in [5, 5.41) is 9.74. The molecule has 30 heavy (non-hydrogen) atoms. The van der Waals surface area contributed by atoms with Crippen molar-refractivity contribution < 1.29 is 4.79 Å². The van der Waals surface area contributed by atoms with Gasteiger partial charge in [-0.25, -0.2) is 0 Å². The van der Waals surface area contributed by atoms with Crippen LogP contribution in [0.15, 0.2) is 29.4 Å². The lowest BCUT2D eigenvalue weighted by molar-refractivity contribution is -0.130. The highest BCUT2D eigenvalue weighted by Gasteiger charge is 2.27. The number of aromatic nitrogens is 3. The summed E-state index contributed by atoms with van der Waals surface area (Å²) in [6.07, 6.45) is 8.33. The number of amides is 1. The molecule has 7 heteroatoms. The lowest BCUT2D eigenvalue weighted by Crippen LogP contribution is -2.37. The van der Waals surface area contributed by atoms with Gasteiger partial charge in [0.2, 0.25) is 11.9 Å². The highest BCUT2D eigenvalue weighted by atomic mass is 32.2. The Kier molecular flexibility index (Phi) is 6.97. The number of carbonyl (C=O) groups excluding carboxylic acids is 1. The van der Waals surface area contributed by atoms with Crippen LogP contribution in [0.1, 0.15) is 57.4 Å². The summed E-state index contributed by atoms with van der Waals surface area (Å²) in [5.41, 5.74) is 2.29. The highest BCUT2D eigenvalue weighted by molar-refractivity contribution is 8.00. The summed E-state index contributed by atoms with van der Waals surface area (Å²) >= 11 is 1.53. The minimum absolute atomic E-state index is 0.175. The Morgan fingerprint density at radius 1 is 0.900 bits per heavy atom. The molecule has 6 nitrogen and oxygen atoms in total. The number of nitrogens with zero attached hydrogens (tertiary/aromatic N) is 5. The van der Waals surface area contributed by atoms with Gasteiger partial charge in [-0.15, -0.1) is 10.2 Å². The standard InChI is InChI=1S/C23H33N5OS/c1-18-10-12-20(13-11-18)28-22(27-16-8-5-9-17-27)24-25-23(28)30-19(2)21(29)26-14-6-3-4-7-15-26/h10-13,19H,3-9,14-17H2,1-2H3. The first kappa shape index (κ1) is 21.2. The van der Waals surface area contributed by atoms with Gasteiger partial charge in [0.05, 0.1) is 10.9 Å². The van der Waals surface area contributed by atoms with Gasteiger partial charge in [0.15, 0.2) is 5.16 Å². The Bertz CT molecular complexity index is 836. The van der Waals surface area contributed by atoms with Crippen molar-refractivity contribution in [3.8, 4) is 5.69 Å². The molecule has 1 atom stereocenters. The van der Waals surface area contributed by atoms with Crippen molar-refractivity contribution in [3.63, 3.8) is 0 Å². The first-order valence-corrected chi connectivity index (χ1v) is 12.2. The summed E-state index contributed by atoms with van der Waals surface area (Å²) in [7, 11) is 0. The van der Waals surface area contributed by atoms with Gasteiger partial charge in [-0.3, -0.25) is 9.36 Å². The Morgan fingerprint density at radius 2 is 1.50 bits per heavy atom. The summed E-state index contributed by atoms with van der Waals surface area (Å²) in [4.78, 5) is 17.5. The van der Waals surface area contributed by atoms with Gasteiger partial charge in [0, 0.05) is 26.2 Å². The third-order valence-corrected chi connectivity index (χ3v) is 7.13. The smallest absolute Gasteiger partial charge is 0.235 e. The summed E-state index contributed by atoms with van der Waals surface area (Å²) in [6.45, 7) is 7.89. The quantitative estimate of drug-likeness (QED) is 0.660. The van der Waals surface area contributed by atoms with E-state index in [0.717, 1.165) is 55.8 Å².